The summed E-state index contributed by atoms with van der Waals surface area (Å²) in [5, 5.41) is 0. The van der Waals surface area contributed by atoms with E-state index in [1.807, 2.05) is 25.1 Å². The van der Waals surface area contributed by atoms with Gasteiger partial charge < -0.3 is 9.47 Å². The Hall–Kier alpha value is -1.42. The molecule has 0 aliphatic rings. The SMILES string of the molecule is CCCCOC(=O)COCc1ccccn1. The van der Waals surface area contributed by atoms with Crippen LogP contribution in [0, 0.1) is 0 Å². The zero-order valence-electron chi connectivity index (χ0n) is 9.52. The lowest BCUT2D eigenvalue weighted by molar-refractivity contribution is -0.149. The van der Waals surface area contributed by atoms with E-state index >= 15 is 0 Å². The van der Waals surface area contributed by atoms with Gasteiger partial charge in [0.1, 0.15) is 6.61 Å². The number of rotatable bonds is 7. The minimum atomic E-state index is -0.315. The molecule has 0 unspecified atom stereocenters. The van der Waals surface area contributed by atoms with Crippen molar-refractivity contribution in [3.8, 4) is 0 Å². The van der Waals surface area contributed by atoms with Gasteiger partial charge >= 0.3 is 5.97 Å². The van der Waals surface area contributed by atoms with Gasteiger partial charge in [0.05, 0.1) is 18.9 Å². The molecule has 4 nitrogen and oxygen atoms in total. The van der Waals surface area contributed by atoms with E-state index < -0.39 is 0 Å². The summed E-state index contributed by atoms with van der Waals surface area (Å²) in [6.07, 6.45) is 3.60. The van der Waals surface area contributed by atoms with Crippen LogP contribution in [0.15, 0.2) is 24.4 Å². The lowest BCUT2D eigenvalue weighted by atomic mass is 10.4. The molecule has 1 rings (SSSR count). The standard InChI is InChI=1S/C12H17NO3/c1-2-3-8-16-12(14)10-15-9-11-6-4-5-7-13-11/h4-7H,2-3,8-10H2,1H3. The van der Waals surface area contributed by atoms with Gasteiger partial charge in [0.15, 0.2) is 0 Å². The highest BCUT2D eigenvalue weighted by molar-refractivity contribution is 5.70. The Kier molecular flexibility index (Phi) is 6.18. The number of aromatic nitrogens is 1. The first-order valence-electron chi connectivity index (χ1n) is 5.46. The maximum Gasteiger partial charge on any atom is 0.332 e. The summed E-state index contributed by atoms with van der Waals surface area (Å²) in [5.74, 6) is -0.315. The molecule has 0 bridgehead atoms. The van der Waals surface area contributed by atoms with Crippen LogP contribution in [-0.2, 0) is 20.9 Å². The molecule has 0 fully saturated rings. The average molecular weight is 223 g/mol. The fraction of sp³-hybridized carbons (Fsp3) is 0.500. The molecule has 4 heteroatoms. The van der Waals surface area contributed by atoms with Crippen molar-refractivity contribution in [1.82, 2.24) is 4.98 Å². The smallest absolute Gasteiger partial charge is 0.332 e. The summed E-state index contributed by atoms with van der Waals surface area (Å²) < 4.78 is 10.1. The summed E-state index contributed by atoms with van der Waals surface area (Å²) >= 11 is 0. The Morgan fingerprint density at radius 2 is 2.31 bits per heavy atom. The van der Waals surface area contributed by atoms with Gasteiger partial charge in [0.25, 0.3) is 0 Å². The Morgan fingerprint density at radius 1 is 1.44 bits per heavy atom. The minimum absolute atomic E-state index is 0.0136. The van der Waals surface area contributed by atoms with Crippen LogP contribution in [0.2, 0.25) is 0 Å². The first kappa shape index (κ1) is 12.6. The van der Waals surface area contributed by atoms with Gasteiger partial charge in [-0.1, -0.05) is 19.4 Å². The second-order valence-electron chi connectivity index (χ2n) is 3.39. The van der Waals surface area contributed by atoms with Crippen molar-refractivity contribution in [3.63, 3.8) is 0 Å². The number of ether oxygens (including phenoxy) is 2. The highest BCUT2D eigenvalue weighted by Crippen LogP contribution is 1.96. The maximum absolute atomic E-state index is 11.1. The van der Waals surface area contributed by atoms with Crippen molar-refractivity contribution in [2.45, 2.75) is 26.4 Å². The Balaban J connectivity index is 2.09. The number of carbonyl (C=O) groups is 1. The second kappa shape index (κ2) is 7.82. The molecule has 0 radical (unpaired) electrons. The van der Waals surface area contributed by atoms with Crippen molar-refractivity contribution in [2.75, 3.05) is 13.2 Å². The molecule has 16 heavy (non-hydrogen) atoms. The molecule has 0 aliphatic carbocycles. The van der Waals surface area contributed by atoms with Crippen molar-refractivity contribution in [3.05, 3.63) is 30.1 Å². The van der Waals surface area contributed by atoms with E-state index in [4.69, 9.17) is 9.47 Å². The zero-order valence-corrected chi connectivity index (χ0v) is 9.52. The minimum Gasteiger partial charge on any atom is -0.464 e. The number of esters is 1. The van der Waals surface area contributed by atoms with E-state index in [-0.39, 0.29) is 12.6 Å². The van der Waals surface area contributed by atoms with Crippen LogP contribution >= 0.6 is 0 Å². The van der Waals surface area contributed by atoms with Crippen LogP contribution in [0.3, 0.4) is 0 Å². The molecule has 1 aromatic heterocycles. The molecule has 0 saturated carbocycles. The van der Waals surface area contributed by atoms with Gasteiger partial charge in [-0.2, -0.15) is 0 Å². The molecule has 0 aromatic carbocycles. The van der Waals surface area contributed by atoms with Crippen molar-refractivity contribution in [1.29, 1.82) is 0 Å². The fourth-order valence-electron chi connectivity index (χ4n) is 1.09. The van der Waals surface area contributed by atoms with E-state index in [0.717, 1.165) is 18.5 Å². The molecule has 1 heterocycles. The van der Waals surface area contributed by atoms with E-state index in [1.54, 1.807) is 6.20 Å². The molecule has 0 aliphatic heterocycles. The number of pyridine rings is 1. The van der Waals surface area contributed by atoms with Crippen molar-refractivity contribution < 1.29 is 14.3 Å². The highest BCUT2D eigenvalue weighted by Gasteiger charge is 2.02. The lowest BCUT2D eigenvalue weighted by Gasteiger charge is -2.04. The largest absolute Gasteiger partial charge is 0.464 e. The molecule has 0 amide bonds. The molecular formula is C12H17NO3. The second-order valence-corrected chi connectivity index (χ2v) is 3.39. The molecule has 0 saturated heterocycles. The Morgan fingerprint density at radius 3 is 3.00 bits per heavy atom. The van der Waals surface area contributed by atoms with Gasteiger partial charge in [0.2, 0.25) is 0 Å². The van der Waals surface area contributed by atoms with Crippen molar-refractivity contribution in [2.24, 2.45) is 0 Å². The van der Waals surface area contributed by atoms with Crippen molar-refractivity contribution >= 4 is 5.97 Å². The Labute approximate surface area is 95.6 Å². The summed E-state index contributed by atoms with van der Waals surface area (Å²) in [7, 11) is 0. The summed E-state index contributed by atoms with van der Waals surface area (Å²) in [4.78, 5) is 15.2. The van der Waals surface area contributed by atoms with Gasteiger partial charge in [0, 0.05) is 6.20 Å². The molecule has 0 spiro atoms. The van der Waals surface area contributed by atoms with Crippen LogP contribution < -0.4 is 0 Å². The number of hydrogen-bond acceptors (Lipinski definition) is 4. The topological polar surface area (TPSA) is 48.4 Å². The number of unbranched alkanes of at least 4 members (excludes halogenated alkanes) is 1. The fourth-order valence-corrected chi connectivity index (χ4v) is 1.09. The van der Waals surface area contributed by atoms with Crippen LogP contribution in [0.1, 0.15) is 25.5 Å². The molecule has 0 atom stereocenters. The normalized spacial score (nSPS) is 10.1. The predicted molar refractivity (Wildman–Crippen MR) is 59.8 cm³/mol. The molecule has 1 aromatic rings. The van der Waals surface area contributed by atoms with Gasteiger partial charge in [-0.3, -0.25) is 4.98 Å². The lowest BCUT2D eigenvalue weighted by Crippen LogP contribution is -2.13. The molecule has 88 valence electrons. The van der Waals surface area contributed by atoms with E-state index in [2.05, 4.69) is 4.98 Å². The van der Waals surface area contributed by atoms with E-state index in [0.29, 0.717) is 13.2 Å². The predicted octanol–water partition coefficient (Wildman–Crippen LogP) is 1.94. The average Bonchev–Trinajstić information content (AvgIpc) is 2.31. The van der Waals surface area contributed by atoms with Crippen LogP contribution in [0.5, 0.6) is 0 Å². The third kappa shape index (κ3) is 5.46. The molecular weight excluding hydrogens is 206 g/mol. The maximum atomic E-state index is 11.1. The van der Waals surface area contributed by atoms with Crippen LogP contribution in [0.25, 0.3) is 0 Å². The highest BCUT2D eigenvalue weighted by atomic mass is 16.6. The number of carbonyl (C=O) groups excluding carboxylic acids is 1. The summed E-state index contributed by atoms with van der Waals surface area (Å²) in [6, 6.07) is 5.57. The van der Waals surface area contributed by atoms with Gasteiger partial charge in [-0.25, -0.2) is 4.79 Å². The van der Waals surface area contributed by atoms with Gasteiger partial charge in [-0.05, 0) is 18.6 Å². The van der Waals surface area contributed by atoms with Crippen LogP contribution in [0.4, 0.5) is 0 Å². The van der Waals surface area contributed by atoms with Gasteiger partial charge in [-0.15, -0.1) is 0 Å². The number of hydrogen-bond donors (Lipinski definition) is 0. The Bertz CT molecular complexity index is 300. The van der Waals surface area contributed by atoms with Crippen LogP contribution in [-0.4, -0.2) is 24.2 Å². The summed E-state index contributed by atoms with van der Waals surface area (Å²) in [5.41, 5.74) is 0.809. The third-order valence-electron chi connectivity index (χ3n) is 1.96. The molecule has 0 N–H and O–H groups in total. The first-order valence-corrected chi connectivity index (χ1v) is 5.46. The monoisotopic (exact) mass is 223 g/mol. The third-order valence-corrected chi connectivity index (χ3v) is 1.96. The zero-order chi connectivity index (χ0) is 11.6. The quantitative estimate of drug-likeness (QED) is 0.523. The van der Waals surface area contributed by atoms with E-state index in [9.17, 15) is 4.79 Å². The number of nitrogens with zero attached hydrogens (tertiary/aromatic N) is 1. The van der Waals surface area contributed by atoms with E-state index in [1.165, 1.54) is 0 Å². The first-order chi connectivity index (χ1) is 7.83. The summed E-state index contributed by atoms with van der Waals surface area (Å²) in [6.45, 7) is 2.84.